The molecule has 1 aromatic carbocycles. The number of aryl methyl sites for hydroxylation is 1. The van der Waals surface area contributed by atoms with Crippen molar-refractivity contribution in [2.24, 2.45) is 0 Å². The van der Waals surface area contributed by atoms with E-state index in [9.17, 15) is 9.59 Å². The van der Waals surface area contributed by atoms with E-state index in [1.54, 1.807) is 19.1 Å². The molecule has 0 fully saturated rings. The van der Waals surface area contributed by atoms with Crippen LogP contribution in [0.2, 0.25) is 0 Å². The average Bonchev–Trinajstić information content (AvgIpc) is 2.26. The van der Waals surface area contributed by atoms with Crippen LogP contribution in [0.3, 0.4) is 0 Å². The first-order valence-electron chi connectivity index (χ1n) is 5.43. The molecule has 1 rings (SSSR count). The molecule has 3 N–H and O–H groups in total. The first-order valence-corrected chi connectivity index (χ1v) is 5.43. The zero-order valence-corrected chi connectivity index (χ0v) is 10.4. The van der Waals surface area contributed by atoms with Crippen molar-refractivity contribution in [1.82, 2.24) is 5.32 Å². The van der Waals surface area contributed by atoms with Crippen LogP contribution in [0.25, 0.3) is 0 Å². The number of carboxylic acids is 1. The van der Waals surface area contributed by atoms with Crippen molar-refractivity contribution < 1.29 is 14.7 Å². The van der Waals surface area contributed by atoms with Gasteiger partial charge in [0.1, 0.15) is 0 Å². The molecule has 0 saturated carbocycles. The monoisotopic (exact) mass is 248 g/mol. The topological polar surface area (TPSA) is 78.4 Å². The van der Waals surface area contributed by atoms with Crippen molar-refractivity contribution in [3.8, 4) is 0 Å². The Balaban J connectivity index is 2.69. The lowest BCUT2D eigenvalue weighted by Crippen LogP contribution is -2.29. The molecule has 0 aromatic heterocycles. The van der Waals surface area contributed by atoms with Gasteiger partial charge in [0.25, 0.3) is 0 Å². The third-order valence-electron chi connectivity index (χ3n) is 2.27. The van der Waals surface area contributed by atoms with Crippen molar-refractivity contribution >= 4 is 17.7 Å². The van der Waals surface area contributed by atoms with E-state index in [1.165, 1.54) is 6.07 Å². The number of aromatic carboxylic acids is 1. The van der Waals surface area contributed by atoms with E-state index in [1.807, 2.05) is 6.92 Å². The Bertz CT molecular complexity index is 495. The number of hydrogen-bond acceptors (Lipinski definition) is 2. The van der Waals surface area contributed by atoms with Gasteiger partial charge in [-0.15, -0.1) is 0 Å². The van der Waals surface area contributed by atoms with Crippen LogP contribution in [0.4, 0.5) is 10.5 Å². The fourth-order valence-electron chi connectivity index (χ4n) is 1.39. The summed E-state index contributed by atoms with van der Waals surface area (Å²) in [5, 5.41) is 14.1. The Labute approximate surface area is 106 Å². The molecular formula is C13H16N2O3. The summed E-state index contributed by atoms with van der Waals surface area (Å²) in [4.78, 5) is 22.3. The molecule has 2 amide bonds. The lowest BCUT2D eigenvalue weighted by molar-refractivity contribution is 0.0696. The highest BCUT2D eigenvalue weighted by molar-refractivity contribution is 5.92. The zero-order chi connectivity index (χ0) is 13.7. The van der Waals surface area contributed by atoms with Crippen LogP contribution in [0.1, 0.15) is 22.8 Å². The minimum absolute atomic E-state index is 0.225. The standard InChI is InChI=1S/C13H16N2O3/c1-8(2)7-14-13(18)15-10-4-5-11(12(16)17)9(3)6-10/h4-6H,1,7H2,2-3H3,(H,16,17)(H2,14,15,18). The van der Waals surface area contributed by atoms with Crippen molar-refractivity contribution in [2.45, 2.75) is 13.8 Å². The summed E-state index contributed by atoms with van der Waals surface area (Å²) in [5.41, 5.74) is 2.22. The van der Waals surface area contributed by atoms with Crippen LogP contribution >= 0.6 is 0 Å². The second-order valence-electron chi connectivity index (χ2n) is 4.10. The van der Waals surface area contributed by atoms with Crippen LogP contribution < -0.4 is 10.6 Å². The molecule has 0 radical (unpaired) electrons. The largest absolute Gasteiger partial charge is 0.478 e. The Morgan fingerprint density at radius 1 is 1.39 bits per heavy atom. The number of nitrogens with one attached hydrogen (secondary N) is 2. The maximum absolute atomic E-state index is 11.5. The zero-order valence-electron chi connectivity index (χ0n) is 10.4. The van der Waals surface area contributed by atoms with Gasteiger partial charge in [0, 0.05) is 12.2 Å². The molecule has 0 bridgehead atoms. The van der Waals surface area contributed by atoms with Gasteiger partial charge in [0.2, 0.25) is 0 Å². The summed E-state index contributed by atoms with van der Waals surface area (Å²) >= 11 is 0. The highest BCUT2D eigenvalue weighted by atomic mass is 16.4. The molecule has 0 unspecified atom stereocenters. The highest BCUT2D eigenvalue weighted by Crippen LogP contribution is 2.15. The van der Waals surface area contributed by atoms with Crippen molar-refractivity contribution in [3.05, 3.63) is 41.5 Å². The van der Waals surface area contributed by atoms with Gasteiger partial charge >= 0.3 is 12.0 Å². The maximum atomic E-state index is 11.5. The molecule has 5 heteroatoms. The van der Waals surface area contributed by atoms with Gasteiger partial charge in [0.15, 0.2) is 0 Å². The predicted octanol–water partition coefficient (Wildman–Crippen LogP) is 2.39. The smallest absolute Gasteiger partial charge is 0.335 e. The Kier molecular flexibility index (Phi) is 4.48. The molecule has 0 aliphatic rings. The fraction of sp³-hybridized carbons (Fsp3) is 0.231. The summed E-state index contributed by atoms with van der Waals surface area (Å²) in [7, 11) is 0. The van der Waals surface area contributed by atoms with Crippen LogP contribution in [0.5, 0.6) is 0 Å². The second kappa shape index (κ2) is 5.86. The third kappa shape index (κ3) is 3.93. The molecule has 1 aromatic rings. The number of amides is 2. The van der Waals surface area contributed by atoms with Gasteiger partial charge in [-0.3, -0.25) is 0 Å². The maximum Gasteiger partial charge on any atom is 0.335 e. The Morgan fingerprint density at radius 2 is 2.06 bits per heavy atom. The van der Waals surface area contributed by atoms with Crippen LogP contribution in [0.15, 0.2) is 30.4 Å². The Morgan fingerprint density at radius 3 is 2.56 bits per heavy atom. The number of carbonyl (C=O) groups excluding carboxylic acids is 1. The third-order valence-corrected chi connectivity index (χ3v) is 2.27. The average molecular weight is 248 g/mol. The van der Waals surface area contributed by atoms with Crippen molar-refractivity contribution in [2.75, 3.05) is 11.9 Å². The number of carboxylic acid groups (broad SMARTS) is 1. The molecule has 0 heterocycles. The summed E-state index contributed by atoms with van der Waals surface area (Å²) in [6.45, 7) is 7.56. The molecule has 96 valence electrons. The van der Waals surface area contributed by atoms with Gasteiger partial charge in [-0.25, -0.2) is 9.59 Å². The van der Waals surface area contributed by atoms with E-state index in [2.05, 4.69) is 17.2 Å². The van der Waals surface area contributed by atoms with E-state index in [0.717, 1.165) is 5.57 Å². The number of benzene rings is 1. The predicted molar refractivity (Wildman–Crippen MR) is 70.0 cm³/mol. The van der Waals surface area contributed by atoms with Crippen molar-refractivity contribution in [3.63, 3.8) is 0 Å². The number of rotatable bonds is 4. The number of anilines is 1. The summed E-state index contributed by atoms with van der Waals surface area (Å²) in [6.07, 6.45) is 0. The molecule has 0 aliphatic heterocycles. The van der Waals surface area contributed by atoms with Crippen LogP contribution in [0, 0.1) is 6.92 Å². The highest BCUT2D eigenvalue weighted by Gasteiger charge is 2.08. The van der Waals surface area contributed by atoms with E-state index < -0.39 is 5.97 Å². The summed E-state index contributed by atoms with van der Waals surface area (Å²) in [6, 6.07) is 4.28. The lowest BCUT2D eigenvalue weighted by atomic mass is 10.1. The number of carbonyl (C=O) groups is 2. The Hall–Kier alpha value is -2.30. The fourth-order valence-corrected chi connectivity index (χ4v) is 1.39. The van der Waals surface area contributed by atoms with Crippen LogP contribution in [-0.2, 0) is 0 Å². The van der Waals surface area contributed by atoms with Gasteiger partial charge in [-0.1, -0.05) is 12.2 Å². The molecule has 5 nitrogen and oxygen atoms in total. The minimum atomic E-state index is -0.981. The van der Waals surface area contributed by atoms with E-state index in [0.29, 0.717) is 17.8 Å². The number of urea groups is 1. The molecular weight excluding hydrogens is 232 g/mol. The minimum Gasteiger partial charge on any atom is -0.478 e. The van der Waals surface area contributed by atoms with Crippen LogP contribution in [-0.4, -0.2) is 23.7 Å². The molecule has 0 saturated heterocycles. The summed E-state index contributed by atoms with van der Waals surface area (Å²) in [5.74, 6) is -0.981. The quantitative estimate of drug-likeness (QED) is 0.716. The van der Waals surface area contributed by atoms with E-state index >= 15 is 0 Å². The molecule has 0 spiro atoms. The lowest BCUT2D eigenvalue weighted by Gasteiger charge is -2.09. The normalized spacial score (nSPS) is 9.67. The van der Waals surface area contributed by atoms with Gasteiger partial charge in [0.05, 0.1) is 5.56 Å². The van der Waals surface area contributed by atoms with Gasteiger partial charge in [-0.2, -0.15) is 0 Å². The molecule has 0 aliphatic carbocycles. The SMILES string of the molecule is C=C(C)CNC(=O)Nc1ccc(C(=O)O)c(C)c1. The molecule has 18 heavy (non-hydrogen) atoms. The molecule has 0 atom stereocenters. The van der Waals surface area contributed by atoms with Crippen molar-refractivity contribution in [1.29, 1.82) is 0 Å². The van der Waals surface area contributed by atoms with Gasteiger partial charge < -0.3 is 15.7 Å². The van der Waals surface area contributed by atoms with E-state index in [-0.39, 0.29) is 11.6 Å². The van der Waals surface area contributed by atoms with E-state index in [4.69, 9.17) is 5.11 Å². The first kappa shape index (κ1) is 13.8. The summed E-state index contributed by atoms with van der Waals surface area (Å²) < 4.78 is 0. The number of hydrogen-bond donors (Lipinski definition) is 3. The first-order chi connectivity index (χ1) is 8.40. The second-order valence-corrected chi connectivity index (χ2v) is 4.10. The van der Waals surface area contributed by atoms with Gasteiger partial charge in [-0.05, 0) is 37.6 Å².